The van der Waals surface area contributed by atoms with Crippen LogP contribution >= 0.6 is 23.2 Å². The fourth-order valence-electron chi connectivity index (χ4n) is 3.26. The second kappa shape index (κ2) is 8.30. The molecule has 10 heteroatoms. The van der Waals surface area contributed by atoms with E-state index in [9.17, 15) is 5.26 Å². The summed E-state index contributed by atoms with van der Waals surface area (Å²) in [7, 11) is 4.63. The highest BCUT2D eigenvalue weighted by atomic mass is 35.5. The van der Waals surface area contributed by atoms with E-state index in [1.165, 1.54) is 6.20 Å². The maximum atomic E-state index is 9.45. The molecule has 0 fully saturated rings. The van der Waals surface area contributed by atoms with Crippen LogP contribution in [0.15, 0.2) is 36.5 Å². The van der Waals surface area contributed by atoms with Crippen LogP contribution in [0.4, 0.5) is 11.5 Å². The van der Waals surface area contributed by atoms with Crippen LogP contribution in [0.25, 0.3) is 16.9 Å². The van der Waals surface area contributed by atoms with Gasteiger partial charge in [-0.1, -0.05) is 23.2 Å². The van der Waals surface area contributed by atoms with Crippen molar-refractivity contribution in [1.82, 2.24) is 14.6 Å². The van der Waals surface area contributed by atoms with Crippen LogP contribution in [0.1, 0.15) is 5.56 Å². The number of aromatic amines is 1. The number of methoxy groups -OCH3 is 3. The minimum Gasteiger partial charge on any atom is -0.493 e. The van der Waals surface area contributed by atoms with Gasteiger partial charge in [0.1, 0.15) is 11.6 Å². The molecule has 0 amide bonds. The van der Waals surface area contributed by atoms with Crippen molar-refractivity contribution in [2.45, 2.75) is 0 Å². The predicted molar refractivity (Wildman–Crippen MR) is 119 cm³/mol. The average Bonchev–Trinajstić information content (AvgIpc) is 3.34. The van der Waals surface area contributed by atoms with Gasteiger partial charge in [0.05, 0.1) is 43.3 Å². The molecule has 0 aliphatic rings. The van der Waals surface area contributed by atoms with Crippen molar-refractivity contribution < 1.29 is 14.2 Å². The van der Waals surface area contributed by atoms with Gasteiger partial charge in [-0.3, -0.25) is 0 Å². The Morgan fingerprint density at radius 2 is 1.74 bits per heavy atom. The van der Waals surface area contributed by atoms with E-state index in [-0.39, 0.29) is 0 Å². The number of imidazole rings is 1. The highest BCUT2D eigenvalue weighted by Gasteiger charge is 2.21. The van der Waals surface area contributed by atoms with Crippen LogP contribution in [0.3, 0.4) is 0 Å². The number of hydrogen-bond donors (Lipinski definition) is 2. The Hall–Kier alpha value is -3.54. The molecule has 0 bridgehead atoms. The number of anilines is 2. The predicted octanol–water partition coefficient (Wildman–Crippen LogP) is 5.28. The van der Waals surface area contributed by atoms with Crippen LogP contribution in [0.5, 0.6) is 17.2 Å². The fourth-order valence-corrected chi connectivity index (χ4v) is 3.56. The van der Waals surface area contributed by atoms with Crippen LogP contribution in [0, 0.1) is 11.3 Å². The number of aromatic nitrogens is 3. The fraction of sp³-hybridized carbons (Fsp3) is 0.143. The van der Waals surface area contributed by atoms with E-state index in [0.29, 0.717) is 55.7 Å². The van der Waals surface area contributed by atoms with Crippen molar-refractivity contribution in [2.75, 3.05) is 26.6 Å². The number of H-pyrrole nitrogens is 1. The Labute approximate surface area is 187 Å². The van der Waals surface area contributed by atoms with Crippen molar-refractivity contribution in [3.05, 3.63) is 52.1 Å². The van der Waals surface area contributed by atoms with Gasteiger partial charge in [0.25, 0.3) is 0 Å². The van der Waals surface area contributed by atoms with Crippen LogP contribution in [-0.4, -0.2) is 35.9 Å². The average molecular weight is 458 g/mol. The number of hydrogen-bond acceptors (Lipinski definition) is 6. The highest BCUT2D eigenvalue weighted by molar-refractivity contribution is 6.42. The third-order valence-electron chi connectivity index (χ3n) is 4.72. The number of rotatable bonds is 6. The third-order valence-corrected chi connectivity index (χ3v) is 5.46. The first kappa shape index (κ1) is 20.7. The van der Waals surface area contributed by atoms with Crippen molar-refractivity contribution in [1.29, 1.82) is 5.26 Å². The summed E-state index contributed by atoms with van der Waals surface area (Å²) in [6.45, 7) is 0. The van der Waals surface area contributed by atoms with Crippen molar-refractivity contribution in [2.24, 2.45) is 0 Å². The van der Waals surface area contributed by atoms with E-state index in [0.717, 1.165) is 5.56 Å². The Morgan fingerprint density at radius 3 is 2.32 bits per heavy atom. The molecule has 0 spiro atoms. The molecular weight excluding hydrogens is 441 g/mol. The monoisotopic (exact) mass is 457 g/mol. The van der Waals surface area contributed by atoms with Crippen molar-refractivity contribution in [3.8, 4) is 34.6 Å². The summed E-state index contributed by atoms with van der Waals surface area (Å²) in [5, 5.41) is 18.0. The molecule has 2 N–H and O–H groups in total. The second-order valence-electron chi connectivity index (χ2n) is 6.45. The largest absolute Gasteiger partial charge is 0.493 e. The lowest BCUT2D eigenvalue weighted by Crippen LogP contribution is -1.99. The maximum Gasteiger partial charge on any atom is 0.203 e. The zero-order valence-electron chi connectivity index (χ0n) is 16.8. The van der Waals surface area contributed by atoms with E-state index in [1.54, 1.807) is 56.2 Å². The first-order chi connectivity index (χ1) is 15.0. The molecule has 0 aliphatic heterocycles. The van der Waals surface area contributed by atoms with Gasteiger partial charge in [-0.05, 0) is 30.3 Å². The number of fused-ring (bicyclic) bond motifs is 1. The van der Waals surface area contributed by atoms with Gasteiger partial charge in [0.15, 0.2) is 23.0 Å². The topological polar surface area (TPSA) is 96.6 Å². The molecule has 158 valence electrons. The smallest absolute Gasteiger partial charge is 0.203 e. The normalized spacial score (nSPS) is 10.7. The number of nitriles is 1. The lowest BCUT2D eigenvalue weighted by molar-refractivity contribution is 0.324. The molecule has 2 aromatic heterocycles. The van der Waals surface area contributed by atoms with Gasteiger partial charge in [-0.25, -0.2) is 0 Å². The highest BCUT2D eigenvalue weighted by Crippen LogP contribution is 2.43. The first-order valence-corrected chi connectivity index (χ1v) is 9.78. The second-order valence-corrected chi connectivity index (χ2v) is 7.26. The summed E-state index contributed by atoms with van der Waals surface area (Å²) >= 11 is 12.2. The SMILES string of the molecule is COc1cc(-c2[nH]c3c(C#N)cnn3c2Nc2ccc(Cl)c(Cl)c2)cc(OC)c1OC. The lowest BCUT2D eigenvalue weighted by Gasteiger charge is -2.15. The number of benzene rings is 2. The van der Waals surface area contributed by atoms with Crippen molar-refractivity contribution >= 4 is 40.4 Å². The van der Waals surface area contributed by atoms with Gasteiger partial charge in [0.2, 0.25) is 5.75 Å². The third kappa shape index (κ3) is 3.58. The molecule has 31 heavy (non-hydrogen) atoms. The molecular formula is C21H17Cl2N5O3. The summed E-state index contributed by atoms with van der Waals surface area (Å²) in [6.07, 6.45) is 1.49. The number of nitrogens with zero attached hydrogens (tertiary/aromatic N) is 3. The van der Waals surface area contributed by atoms with E-state index in [4.69, 9.17) is 37.4 Å². The standard InChI is InChI=1S/C21H17Cl2N5O3/c1-29-16-6-11(7-17(30-2)19(16)31-3)18-21(26-13-4-5-14(22)15(23)8-13)28-20(27-18)12(9-24)10-25-28/h4-8,10,26-27H,1-3H3. The summed E-state index contributed by atoms with van der Waals surface area (Å²) < 4.78 is 18.0. The molecule has 0 atom stereocenters. The number of halogens is 2. The molecule has 8 nitrogen and oxygen atoms in total. The number of nitrogens with one attached hydrogen (secondary N) is 2. The Bertz CT molecular complexity index is 1300. The van der Waals surface area contributed by atoms with E-state index in [1.807, 2.05) is 0 Å². The molecule has 4 rings (SSSR count). The van der Waals surface area contributed by atoms with E-state index < -0.39 is 0 Å². The molecule has 0 radical (unpaired) electrons. The van der Waals surface area contributed by atoms with E-state index >= 15 is 0 Å². The van der Waals surface area contributed by atoms with Gasteiger partial charge in [-0.2, -0.15) is 14.9 Å². The minimum atomic E-state index is 0.399. The van der Waals surface area contributed by atoms with Crippen LogP contribution in [-0.2, 0) is 0 Å². The molecule has 0 unspecified atom stereocenters. The van der Waals surface area contributed by atoms with Gasteiger partial charge in [0, 0.05) is 11.3 Å². The zero-order valence-corrected chi connectivity index (χ0v) is 18.3. The molecule has 2 heterocycles. The molecule has 0 saturated carbocycles. The Morgan fingerprint density at radius 1 is 1.03 bits per heavy atom. The van der Waals surface area contributed by atoms with Crippen molar-refractivity contribution in [3.63, 3.8) is 0 Å². The Balaban J connectivity index is 1.94. The zero-order chi connectivity index (χ0) is 22.1. The molecule has 0 saturated heterocycles. The van der Waals surface area contributed by atoms with Gasteiger partial charge < -0.3 is 24.5 Å². The molecule has 0 aliphatic carbocycles. The van der Waals surface area contributed by atoms with E-state index in [2.05, 4.69) is 21.5 Å². The quantitative estimate of drug-likeness (QED) is 0.408. The van der Waals surface area contributed by atoms with Gasteiger partial charge >= 0.3 is 0 Å². The molecule has 4 aromatic rings. The lowest BCUT2D eigenvalue weighted by atomic mass is 10.1. The molecule has 2 aromatic carbocycles. The summed E-state index contributed by atoms with van der Waals surface area (Å²) in [5.41, 5.74) is 3.01. The van der Waals surface area contributed by atoms with Gasteiger partial charge in [-0.15, -0.1) is 0 Å². The summed E-state index contributed by atoms with van der Waals surface area (Å²) in [5.74, 6) is 2.04. The summed E-state index contributed by atoms with van der Waals surface area (Å²) in [4.78, 5) is 3.27. The Kier molecular flexibility index (Phi) is 5.55. The minimum absolute atomic E-state index is 0.399. The first-order valence-electron chi connectivity index (χ1n) is 9.03. The van der Waals surface area contributed by atoms with Crippen LogP contribution < -0.4 is 19.5 Å². The maximum absolute atomic E-state index is 9.45. The summed E-state index contributed by atoms with van der Waals surface area (Å²) in [6, 6.07) is 10.9. The van der Waals surface area contributed by atoms with Crippen LogP contribution in [0.2, 0.25) is 10.0 Å². The number of ether oxygens (including phenoxy) is 3.